The van der Waals surface area contributed by atoms with Crippen molar-refractivity contribution in [2.75, 3.05) is 6.61 Å². The molecule has 0 atom stereocenters. The van der Waals surface area contributed by atoms with E-state index in [-0.39, 0.29) is 12.4 Å². The zero-order valence-corrected chi connectivity index (χ0v) is 8.68. The average Bonchev–Trinajstić information content (AvgIpc) is 2.14. The van der Waals surface area contributed by atoms with E-state index < -0.39 is 0 Å². The predicted octanol–water partition coefficient (Wildman–Crippen LogP) is 3.18. The third kappa shape index (κ3) is 2.82. The monoisotopic (exact) mass is 214 g/mol. The smallest absolute Gasteiger partial charge is 0.131 e. The van der Waals surface area contributed by atoms with Crippen molar-refractivity contribution >= 4 is 17.7 Å². The van der Waals surface area contributed by atoms with Crippen LogP contribution in [0.4, 0.5) is 4.39 Å². The van der Waals surface area contributed by atoms with Crippen molar-refractivity contribution in [2.45, 2.75) is 13.3 Å². The lowest BCUT2D eigenvalue weighted by molar-refractivity contribution is 0.303. The van der Waals surface area contributed by atoms with Gasteiger partial charge in [-0.25, -0.2) is 4.39 Å². The van der Waals surface area contributed by atoms with Crippen molar-refractivity contribution in [1.82, 2.24) is 0 Å². The summed E-state index contributed by atoms with van der Waals surface area (Å²) in [6, 6.07) is 2.99. The largest absolute Gasteiger partial charge is 0.396 e. The Morgan fingerprint density at radius 3 is 2.86 bits per heavy atom. The summed E-state index contributed by atoms with van der Waals surface area (Å²) in [5, 5.41) is 8.98. The molecule has 3 heteroatoms. The van der Waals surface area contributed by atoms with Crippen LogP contribution in [-0.2, 0) is 0 Å². The second kappa shape index (κ2) is 5.13. The molecule has 76 valence electrons. The molecule has 0 aliphatic carbocycles. The van der Waals surface area contributed by atoms with Crippen LogP contribution in [0.25, 0.3) is 6.08 Å². The van der Waals surface area contributed by atoms with Gasteiger partial charge < -0.3 is 5.11 Å². The molecule has 0 aliphatic rings. The Balaban J connectivity index is 2.92. The highest BCUT2D eigenvalue weighted by molar-refractivity contribution is 6.31. The summed E-state index contributed by atoms with van der Waals surface area (Å²) in [7, 11) is 0. The Morgan fingerprint density at radius 1 is 1.50 bits per heavy atom. The van der Waals surface area contributed by atoms with Gasteiger partial charge in [-0.15, -0.1) is 0 Å². The van der Waals surface area contributed by atoms with Gasteiger partial charge in [0.25, 0.3) is 0 Å². The van der Waals surface area contributed by atoms with Gasteiger partial charge in [-0.2, -0.15) is 0 Å². The minimum absolute atomic E-state index is 0.0741. The number of halogens is 2. The van der Waals surface area contributed by atoms with Crippen LogP contribution in [0.3, 0.4) is 0 Å². The van der Waals surface area contributed by atoms with Crippen LogP contribution >= 0.6 is 11.6 Å². The van der Waals surface area contributed by atoms with Crippen molar-refractivity contribution < 1.29 is 9.50 Å². The first-order chi connectivity index (χ1) is 6.65. The van der Waals surface area contributed by atoms with E-state index in [2.05, 4.69) is 0 Å². The van der Waals surface area contributed by atoms with Crippen molar-refractivity contribution in [2.24, 2.45) is 0 Å². The highest BCUT2D eigenvalue weighted by Gasteiger charge is 2.02. The number of benzene rings is 1. The van der Waals surface area contributed by atoms with E-state index in [0.29, 0.717) is 17.0 Å². The first-order valence-electron chi connectivity index (χ1n) is 4.38. The van der Waals surface area contributed by atoms with Gasteiger partial charge in [0.15, 0.2) is 0 Å². The van der Waals surface area contributed by atoms with Gasteiger partial charge >= 0.3 is 0 Å². The van der Waals surface area contributed by atoms with E-state index in [1.54, 1.807) is 18.2 Å². The molecule has 1 rings (SSSR count). The number of rotatable bonds is 3. The Kier molecular flexibility index (Phi) is 4.11. The molecule has 1 aromatic carbocycles. The number of aliphatic hydroxyl groups excluding tert-OH is 1. The maximum Gasteiger partial charge on any atom is 0.131 e. The molecule has 0 amide bonds. The highest BCUT2D eigenvalue weighted by atomic mass is 35.5. The summed E-state index contributed by atoms with van der Waals surface area (Å²) in [4.78, 5) is 0. The normalized spacial score (nSPS) is 11.1. The van der Waals surface area contributed by atoms with E-state index >= 15 is 0 Å². The first-order valence-corrected chi connectivity index (χ1v) is 4.76. The lowest BCUT2D eigenvalue weighted by Gasteiger charge is -2.01. The van der Waals surface area contributed by atoms with Gasteiger partial charge in [0.1, 0.15) is 5.82 Å². The van der Waals surface area contributed by atoms with E-state index in [1.165, 1.54) is 6.07 Å². The topological polar surface area (TPSA) is 20.2 Å². The summed E-state index contributed by atoms with van der Waals surface area (Å²) >= 11 is 5.74. The van der Waals surface area contributed by atoms with Crippen molar-refractivity contribution in [3.63, 3.8) is 0 Å². The van der Waals surface area contributed by atoms with Crippen LogP contribution in [0.5, 0.6) is 0 Å². The summed E-state index contributed by atoms with van der Waals surface area (Å²) < 4.78 is 13.3. The number of aliphatic hydroxyl groups is 1. The lowest BCUT2D eigenvalue weighted by Crippen LogP contribution is -1.85. The summed E-state index contributed by atoms with van der Waals surface area (Å²) in [6.07, 6.45) is 3.90. The maximum atomic E-state index is 13.3. The Bertz CT molecular complexity index is 347. The molecule has 0 aliphatic heterocycles. The van der Waals surface area contributed by atoms with Gasteiger partial charge in [0.2, 0.25) is 0 Å². The fourth-order valence-corrected chi connectivity index (χ4v) is 1.24. The fraction of sp³-hybridized carbons (Fsp3) is 0.273. The molecule has 0 heterocycles. The molecular weight excluding hydrogens is 203 g/mol. The maximum absolute atomic E-state index is 13.3. The summed E-state index contributed by atoms with van der Waals surface area (Å²) in [6.45, 7) is 1.90. The predicted molar refractivity (Wildman–Crippen MR) is 56.9 cm³/mol. The van der Waals surface area contributed by atoms with Crippen LogP contribution in [-0.4, -0.2) is 11.7 Å². The molecule has 14 heavy (non-hydrogen) atoms. The van der Waals surface area contributed by atoms with Crippen molar-refractivity contribution in [3.8, 4) is 0 Å². The third-order valence-electron chi connectivity index (χ3n) is 1.87. The minimum atomic E-state index is -0.338. The molecule has 0 spiro atoms. The summed E-state index contributed by atoms with van der Waals surface area (Å²) in [5.74, 6) is -0.338. The molecule has 1 N–H and O–H groups in total. The average molecular weight is 215 g/mol. The lowest BCUT2D eigenvalue weighted by atomic mass is 10.1. The van der Waals surface area contributed by atoms with Gasteiger partial charge in [0.05, 0.1) is 0 Å². The number of hydrogen-bond acceptors (Lipinski definition) is 1. The quantitative estimate of drug-likeness (QED) is 0.820. The zero-order chi connectivity index (χ0) is 10.6. The zero-order valence-electron chi connectivity index (χ0n) is 7.93. The second-order valence-corrected chi connectivity index (χ2v) is 3.44. The molecule has 0 unspecified atom stereocenters. The van der Waals surface area contributed by atoms with Crippen LogP contribution < -0.4 is 0 Å². The van der Waals surface area contributed by atoms with Crippen LogP contribution in [0.1, 0.15) is 17.5 Å². The second-order valence-electron chi connectivity index (χ2n) is 3.04. The molecule has 0 radical (unpaired) electrons. The van der Waals surface area contributed by atoms with Gasteiger partial charge in [0, 0.05) is 17.2 Å². The van der Waals surface area contributed by atoms with E-state index in [1.807, 2.05) is 6.92 Å². The first kappa shape index (κ1) is 11.2. The minimum Gasteiger partial charge on any atom is -0.396 e. The Labute approximate surface area is 87.8 Å². The van der Waals surface area contributed by atoms with E-state index in [9.17, 15) is 4.39 Å². The summed E-state index contributed by atoms with van der Waals surface area (Å²) in [5.41, 5.74) is 1.34. The van der Waals surface area contributed by atoms with Gasteiger partial charge in [-0.3, -0.25) is 0 Å². The van der Waals surface area contributed by atoms with Crippen LogP contribution in [0, 0.1) is 12.7 Å². The highest BCUT2D eigenvalue weighted by Crippen LogP contribution is 2.20. The molecule has 0 saturated heterocycles. The molecule has 1 aromatic rings. The van der Waals surface area contributed by atoms with Crippen molar-refractivity contribution in [3.05, 3.63) is 40.2 Å². The molecule has 1 nitrogen and oxygen atoms in total. The van der Waals surface area contributed by atoms with Crippen molar-refractivity contribution in [1.29, 1.82) is 0 Å². The van der Waals surface area contributed by atoms with E-state index in [4.69, 9.17) is 16.7 Å². The standard InChI is InChI=1S/C11H12ClFO/c1-8-6-9(4-2-3-5-14)11(13)7-10(8)12/h2,4,6-7,14H,3,5H2,1H3. The number of hydrogen-bond donors (Lipinski definition) is 1. The molecule has 0 saturated carbocycles. The van der Waals surface area contributed by atoms with Gasteiger partial charge in [-0.1, -0.05) is 23.8 Å². The van der Waals surface area contributed by atoms with Crippen LogP contribution in [0.15, 0.2) is 18.2 Å². The molecular formula is C11H12ClFO. The Hall–Kier alpha value is -0.860. The number of aryl methyl sites for hydroxylation is 1. The molecule has 0 fully saturated rings. The van der Waals surface area contributed by atoms with E-state index in [0.717, 1.165) is 5.56 Å². The van der Waals surface area contributed by atoms with Crippen LogP contribution in [0.2, 0.25) is 5.02 Å². The fourth-order valence-electron chi connectivity index (χ4n) is 1.09. The molecule has 0 aromatic heterocycles. The SMILES string of the molecule is Cc1cc(C=CCCO)c(F)cc1Cl. The Morgan fingerprint density at radius 2 is 2.21 bits per heavy atom. The molecule has 0 bridgehead atoms. The van der Waals surface area contributed by atoms with Gasteiger partial charge in [-0.05, 0) is 31.0 Å². The third-order valence-corrected chi connectivity index (χ3v) is 2.28.